The quantitative estimate of drug-likeness (QED) is 0.649. The van der Waals surface area contributed by atoms with E-state index in [-0.39, 0.29) is 0 Å². The number of hydrogen-bond donors (Lipinski definition) is 3. The first kappa shape index (κ1) is 20.1. The van der Waals surface area contributed by atoms with Gasteiger partial charge < -0.3 is 21.3 Å². The number of carbonyl (C=O) groups is 3. The van der Waals surface area contributed by atoms with E-state index in [1.165, 1.54) is 11.3 Å². The Labute approximate surface area is 171 Å². The van der Waals surface area contributed by atoms with Gasteiger partial charge in [-0.15, -0.1) is 11.3 Å². The Balaban J connectivity index is 1.67. The highest BCUT2D eigenvalue weighted by Gasteiger charge is 2.26. The van der Waals surface area contributed by atoms with Gasteiger partial charge in [0.1, 0.15) is 5.00 Å². The first-order chi connectivity index (χ1) is 13.3. The number of anilines is 2. The van der Waals surface area contributed by atoms with E-state index >= 15 is 0 Å². The van der Waals surface area contributed by atoms with Gasteiger partial charge in [0.05, 0.1) is 5.56 Å². The van der Waals surface area contributed by atoms with E-state index in [9.17, 15) is 14.4 Å². The summed E-state index contributed by atoms with van der Waals surface area (Å²) < 4.78 is 0. The molecule has 9 heteroatoms. The van der Waals surface area contributed by atoms with Crippen LogP contribution in [0.25, 0.3) is 0 Å². The summed E-state index contributed by atoms with van der Waals surface area (Å²) in [6.45, 7) is 1.53. The van der Waals surface area contributed by atoms with Crippen molar-refractivity contribution >= 4 is 51.3 Å². The van der Waals surface area contributed by atoms with Gasteiger partial charge in [-0.2, -0.15) is 0 Å². The second-order valence-corrected chi connectivity index (χ2v) is 7.92. The average molecular weight is 419 g/mol. The molecule has 0 unspecified atom stereocenters. The lowest BCUT2D eigenvalue weighted by Gasteiger charge is -2.22. The van der Waals surface area contributed by atoms with Crippen LogP contribution in [0.4, 0.5) is 10.7 Å². The second-order valence-electron chi connectivity index (χ2n) is 6.38. The lowest BCUT2D eigenvalue weighted by Crippen LogP contribution is -2.27. The van der Waals surface area contributed by atoms with Gasteiger partial charge in [-0.3, -0.25) is 14.4 Å². The van der Waals surface area contributed by atoms with Gasteiger partial charge >= 0.3 is 0 Å². The van der Waals surface area contributed by atoms with Crippen molar-refractivity contribution in [2.24, 2.45) is 5.73 Å². The minimum absolute atomic E-state index is 0.362. The van der Waals surface area contributed by atoms with Crippen LogP contribution in [0.3, 0.4) is 0 Å². The van der Waals surface area contributed by atoms with E-state index in [4.69, 9.17) is 17.3 Å². The van der Waals surface area contributed by atoms with Crippen LogP contribution in [0.1, 0.15) is 20.8 Å². The number of halogens is 1. The van der Waals surface area contributed by atoms with Crippen molar-refractivity contribution in [2.75, 3.05) is 24.2 Å². The molecule has 0 bridgehead atoms. The molecule has 0 aliphatic carbocycles. The molecule has 1 aliphatic rings. The summed E-state index contributed by atoms with van der Waals surface area (Å²) in [6, 6.07) is 6.60. The fourth-order valence-electron chi connectivity index (χ4n) is 2.90. The van der Waals surface area contributed by atoms with E-state index in [1.807, 2.05) is 7.05 Å². The molecule has 0 radical (unpaired) electrons. The maximum atomic E-state index is 12.2. The molecule has 3 amide bonds. The molecule has 3 rings (SSSR count). The number of nitrogens with two attached hydrogens (primary N) is 1. The lowest BCUT2D eigenvalue weighted by atomic mass is 10.0. The molecule has 1 aromatic carbocycles. The number of nitrogens with one attached hydrogen (secondary N) is 2. The summed E-state index contributed by atoms with van der Waals surface area (Å²) in [6.07, 6.45) is 2.94. The van der Waals surface area contributed by atoms with Crippen LogP contribution in [-0.2, 0) is 22.6 Å². The highest BCUT2D eigenvalue weighted by Crippen LogP contribution is 2.36. The van der Waals surface area contributed by atoms with Gasteiger partial charge in [-0.05, 0) is 43.3 Å². The second kappa shape index (κ2) is 8.55. The number of carbonyl (C=O) groups excluding carboxylic acids is 3. The largest absolute Gasteiger partial charge is 0.365 e. The zero-order valence-corrected chi connectivity index (χ0v) is 16.7. The number of primary amides is 1. The molecule has 2 aromatic rings. The minimum Gasteiger partial charge on any atom is -0.365 e. The molecule has 2 heterocycles. The zero-order chi connectivity index (χ0) is 20.3. The van der Waals surface area contributed by atoms with Crippen LogP contribution in [0, 0.1) is 0 Å². The summed E-state index contributed by atoms with van der Waals surface area (Å²) in [7, 11) is 1.99. The van der Waals surface area contributed by atoms with E-state index in [1.54, 1.807) is 24.3 Å². The zero-order valence-electron chi connectivity index (χ0n) is 15.1. The van der Waals surface area contributed by atoms with Crippen LogP contribution in [-0.4, -0.2) is 36.2 Å². The molecule has 0 spiro atoms. The van der Waals surface area contributed by atoms with Gasteiger partial charge in [0, 0.05) is 40.8 Å². The van der Waals surface area contributed by atoms with Crippen LogP contribution in [0.15, 0.2) is 36.4 Å². The SMILES string of the molecule is CN1CCc2c(sc(NC(=O)/C=C\C(=O)Nc3ccc(Cl)cc3)c2C(N)=O)C1. The maximum absolute atomic E-state index is 12.2. The van der Waals surface area contributed by atoms with Gasteiger partial charge in [0.25, 0.3) is 5.91 Å². The first-order valence-corrected chi connectivity index (χ1v) is 9.71. The van der Waals surface area contributed by atoms with E-state index in [2.05, 4.69) is 15.5 Å². The first-order valence-electron chi connectivity index (χ1n) is 8.52. The van der Waals surface area contributed by atoms with Crippen molar-refractivity contribution < 1.29 is 14.4 Å². The van der Waals surface area contributed by atoms with Gasteiger partial charge in [0.2, 0.25) is 11.8 Å². The number of rotatable bonds is 5. The molecule has 0 saturated carbocycles. The van der Waals surface area contributed by atoms with Crippen molar-refractivity contribution in [3.05, 3.63) is 57.4 Å². The highest BCUT2D eigenvalue weighted by atomic mass is 35.5. The number of nitrogens with zero attached hydrogens (tertiary/aromatic N) is 1. The molecular weight excluding hydrogens is 400 g/mol. The fourth-order valence-corrected chi connectivity index (χ4v) is 4.36. The molecule has 7 nitrogen and oxygen atoms in total. The standard InChI is InChI=1S/C19H19ClN4O3S/c1-24-9-8-13-14(10-24)28-19(17(13)18(21)27)23-16(26)7-6-15(25)22-12-4-2-11(20)3-5-12/h2-7H,8-10H2,1H3,(H2,21,27)(H,22,25)(H,23,26)/b7-6-. The molecule has 1 aromatic heterocycles. The molecule has 0 saturated heterocycles. The van der Waals surface area contributed by atoms with E-state index in [0.29, 0.717) is 34.2 Å². The number of amides is 3. The molecular formula is C19H19ClN4O3S. The van der Waals surface area contributed by atoms with Gasteiger partial charge in [0.15, 0.2) is 0 Å². The Morgan fingerprint density at radius 2 is 1.79 bits per heavy atom. The van der Waals surface area contributed by atoms with Crippen molar-refractivity contribution in [1.29, 1.82) is 0 Å². The summed E-state index contributed by atoms with van der Waals surface area (Å²) in [5.74, 6) is -1.54. The Morgan fingerprint density at radius 3 is 2.43 bits per heavy atom. The van der Waals surface area contributed by atoms with Crippen molar-refractivity contribution in [3.8, 4) is 0 Å². The van der Waals surface area contributed by atoms with E-state index < -0.39 is 17.7 Å². The monoisotopic (exact) mass is 418 g/mol. The van der Waals surface area contributed by atoms with Gasteiger partial charge in [-0.1, -0.05) is 11.6 Å². The predicted octanol–water partition coefficient (Wildman–Crippen LogP) is 2.62. The molecule has 1 aliphatic heterocycles. The number of benzene rings is 1. The summed E-state index contributed by atoms with van der Waals surface area (Å²) in [4.78, 5) is 39.2. The van der Waals surface area contributed by atoms with E-state index in [0.717, 1.165) is 29.1 Å². The van der Waals surface area contributed by atoms with Crippen LogP contribution >= 0.6 is 22.9 Å². The highest BCUT2D eigenvalue weighted by molar-refractivity contribution is 7.17. The van der Waals surface area contributed by atoms with Crippen molar-refractivity contribution in [2.45, 2.75) is 13.0 Å². The smallest absolute Gasteiger partial charge is 0.251 e. The van der Waals surface area contributed by atoms with Gasteiger partial charge in [-0.25, -0.2) is 0 Å². The molecule has 146 valence electrons. The number of likely N-dealkylation sites (N-methyl/N-ethyl adjacent to an activating group) is 1. The maximum Gasteiger partial charge on any atom is 0.251 e. The van der Waals surface area contributed by atoms with Crippen molar-refractivity contribution in [1.82, 2.24) is 4.90 Å². The summed E-state index contributed by atoms with van der Waals surface area (Å²) in [5, 5.41) is 6.26. The average Bonchev–Trinajstić information content (AvgIpc) is 2.99. The molecule has 0 atom stereocenters. The normalized spacial score (nSPS) is 13.9. The predicted molar refractivity (Wildman–Crippen MR) is 111 cm³/mol. The Morgan fingerprint density at radius 1 is 1.14 bits per heavy atom. The minimum atomic E-state index is -0.568. The number of hydrogen-bond acceptors (Lipinski definition) is 5. The third-order valence-corrected chi connectivity index (χ3v) is 5.61. The Hall–Kier alpha value is -2.68. The Bertz CT molecular complexity index is 953. The van der Waals surface area contributed by atoms with Crippen LogP contribution < -0.4 is 16.4 Å². The summed E-state index contributed by atoms with van der Waals surface area (Å²) in [5.41, 5.74) is 7.34. The molecule has 28 heavy (non-hydrogen) atoms. The fraction of sp³-hybridized carbons (Fsp3) is 0.211. The lowest BCUT2D eigenvalue weighted by molar-refractivity contribution is -0.114. The van der Waals surface area contributed by atoms with Crippen molar-refractivity contribution in [3.63, 3.8) is 0 Å². The third kappa shape index (κ3) is 4.78. The third-order valence-electron chi connectivity index (χ3n) is 4.23. The topological polar surface area (TPSA) is 105 Å². The summed E-state index contributed by atoms with van der Waals surface area (Å²) >= 11 is 7.13. The van der Waals surface area contributed by atoms with Crippen LogP contribution in [0.5, 0.6) is 0 Å². The number of fused-ring (bicyclic) bond motifs is 1. The molecule has 0 fully saturated rings. The van der Waals surface area contributed by atoms with Crippen LogP contribution in [0.2, 0.25) is 5.02 Å². The molecule has 4 N–H and O–H groups in total. The number of thiophene rings is 1. The Kier molecular flexibility index (Phi) is 6.13.